The Bertz CT molecular complexity index is 2160. The van der Waals surface area contributed by atoms with Crippen LogP contribution >= 0.6 is 11.6 Å². The number of nitrogens with zero attached hydrogens (tertiary/aromatic N) is 1. The fourth-order valence-electron chi connectivity index (χ4n) is 8.74. The molecule has 6 nitrogen and oxygen atoms in total. The number of benzene rings is 5. The predicted molar refractivity (Wildman–Crippen MR) is 190 cm³/mol. The van der Waals surface area contributed by atoms with Crippen LogP contribution in [0.1, 0.15) is 27.8 Å². The number of alkyl halides is 3. The maximum atomic E-state index is 16.0. The number of anilines is 1. The number of carbonyl (C=O) groups is 3. The molecule has 3 aliphatic rings. The zero-order valence-electron chi connectivity index (χ0n) is 27.8. The van der Waals surface area contributed by atoms with E-state index in [4.69, 9.17) is 21.1 Å². The minimum absolute atomic E-state index is 0.213. The number of halogens is 4. The molecule has 1 aliphatic heterocycles. The number of ketones is 1. The third-order valence-electron chi connectivity index (χ3n) is 10.7. The third-order valence-corrected chi connectivity index (χ3v) is 11.0. The van der Waals surface area contributed by atoms with Gasteiger partial charge >= 0.3 is 6.18 Å². The second kappa shape index (κ2) is 12.0. The van der Waals surface area contributed by atoms with Crippen molar-refractivity contribution in [3.05, 3.63) is 160 Å². The Balaban J connectivity index is 1.52. The van der Waals surface area contributed by atoms with E-state index in [2.05, 4.69) is 0 Å². The molecule has 0 spiro atoms. The van der Waals surface area contributed by atoms with Crippen LogP contribution < -0.4 is 14.4 Å². The number of imide groups is 1. The molecule has 1 saturated heterocycles. The van der Waals surface area contributed by atoms with Crippen molar-refractivity contribution in [3.63, 3.8) is 0 Å². The molecule has 10 heteroatoms. The summed E-state index contributed by atoms with van der Waals surface area (Å²) in [5, 5.41) is -0.213. The Morgan fingerprint density at radius 2 is 1.04 bits per heavy atom. The smallest absolute Gasteiger partial charge is 0.416 e. The van der Waals surface area contributed by atoms with Gasteiger partial charge in [0.25, 0.3) is 0 Å². The van der Waals surface area contributed by atoms with Gasteiger partial charge in [-0.05, 0) is 75.9 Å². The van der Waals surface area contributed by atoms with E-state index in [9.17, 15) is 13.2 Å². The van der Waals surface area contributed by atoms with E-state index < -0.39 is 51.9 Å². The molecule has 4 unspecified atom stereocenters. The first kappa shape index (κ1) is 33.5. The molecule has 52 heavy (non-hydrogen) atoms. The zero-order valence-corrected chi connectivity index (χ0v) is 28.5. The second-order valence-electron chi connectivity index (χ2n) is 13.0. The van der Waals surface area contributed by atoms with E-state index in [1.165, 1.54) is 14.2 Å². The van der Waals surface area contributed by atoms with Gasteiger partial charge in [0.05, 0.1) is 53.2 Å². The number of hydrogen-bond donors (Lipinski definition) is 0. The highest BCUT2D eigenvalue weighted by Crippen LogP contribution is 2.74. The highest BCUT2D eigenvalue weighted by Gasteiger charge is 2.82. The lowest BCUT2D eigenvalue weighted by Crippen LogP contribution is -2.45. The van der Waals surface area contributed by atoms with Crippen LogP contribution in [0.4, 0.5) is 18.9 Å². The SMILES string of the molecule is COc1ccc(C2=C(c3ccc(OC)cc3)C3(c4ccccc4)C(=O)C2(c2ccccc2)C2C(=O)N(c4cc(C(F)(F)F)ccc4Cl)C(=O)C23)cc1. The Kier molecular flexibility index (Phi) is 7.69. The highest BCUT2D eigenvalue weighted by atomic mass is 35.5. The van der Waals surface area contributed by atoms with Gasteiger partial charge in [0.2, 0.25) is 11.8 Å². The predicted octanol–water partition coefficient (Wildman–Crippen LogP) is 8.56. The molecule has 2 bridgehead atoms. The normalized spacial score (nSPS) is 23.7. The van der Waals surface area contributed by atoms with Gasteiger partial charge in [-0.2, -0.15) is 13.2 Å². The van der Waals surface area contributed by atoms with Crippen molar-refractivity contribution < 1.29 is 37.0 Å². The van der Waals surface area contributed by atoms with Crippen LogP contribution in [0.3, 0.4) is 0 Å². The van der Waals surface area contributed by atoms with E-state index >= 15 is 14.4 Å². The number of carbonyl (C=O) groups excluding carboxylic acids is 3. The van der Waals surface area contributed by atoms with E-state index in [0.717, 1.165) is 23.1 Å². The average molecular weight is 720 g/mol. The van der Waals surface area contributed by atoms with Crippen molar-refractivity contribution in [1.29, 1.82) is 0 Å². The van der Waals surface area contributed by atoms with Crippen LogP contribution in [-0.4, -0.2) is 31.8 Å². The fraction of sp³-hybridized carbons (Fsp3) is 0.167. The number of Topliss-reactive ketones (excluding diaryl/α,β-unsaturated/α-hetero) is 1. The summed E-state index contributed by atoms with van der Waals surface area (Å²) < 4.78 is 53.1. The number of rotatable bonds is 7. The molecular weight excluding hydrogens is 691 g/mol. The van der Waals surface area contributed by atoms with Gasteiger partial charge in [-0.1, -0.05) is 96.5 Å². The summed E-state index contributed by atoms with van der Waals surface area (Å²) in [5.41, 5.74) is -1.80. The van der Waals surface area contributed by atoms with Gasteiger partial charge in [0, 0.05) is 0 Å². The van der Waals surface area contributed by atoms with Gasteiger partial charge < -0.3 is 9.47 Å². The van der Waals surface area contributed by atoms with Gasteiger partial charge in [0.1, 0.15) is 11.5 Å². The fourth-order valence-corrected chi connectivity index (χ4v) is 8.94. The molecule has 5 aromatic carbocycles. The first-order valence-corrected chi connectivity index (χ1v) is 16.8. The van der Waals surface area contributed by atoms with E-state index in [-0.39, 0.29) is 10.8 Å². The van der Waals surface area contributed by atoms with Crippen LogP contribution in [0.2, 0.25) is 5.02 Å². The van der Waals surface area contributed by atoms with Crippen LogP contribution in [0.15, 0.2) is 127 Å². The minimum atomic E-state index is -4.78. The molecular formula is C42H29ClF3NO5. The average Bonchev–Trinajstić information content (AvgIpc) is 3.67. The molecule has 1 saturated carbocycles. The minimum Gasteiger partial charge on any atom is -0.497 e. The van der Waals surface area contributed by atoms with Crippen LogP contribution in [0, 0.1) is 11.8 Å². The van der Waals surface area contributed by atoms with Gasteiger partial charge in [-0.15, -0.1) is 0 Å². The number of amides is 2. The van der Waals surface area contributed by atoms with Crippen molar-refractivity contribution in [3.8, 4) is 11.5 Å². The Labute approximate surface area is 302 Å². The van der Waals surface area contributed by atoms with Crippen molar-refractivity contribution in [2.45, 2.75) is 17.0 Å². The van der Waals surface area contributed by atoms with E-state index in [0.29, 0.717) is 44.9 Å². The molecule has 2 amide bonds. The monoisotopic (exact) mass is 719 g/mol. The molecule has 260 valence electrons. The Hall–Kier alpha value is -5.67. The molecule has 4 atom stereocenters. The lowest BCUT2D eigenvalue weighted by Gasteiger charge is -2.39. The first-order chi connectivity index (χ1) is 25.0. The van der Waals surface area contributed by atoms with Crippen molar-refractivity contribution in [1.82, 2.24) is 0 Å². The van der Waals surface area contributed by atoms with Gasteiger partial charge in [0.15, 0.2) is 5.78 Å². The molecule has 5 aromatic rings. The van der Waals surface area contributed by atoms with Crippen molar-refractivity contribution in [2.75, 3.05) is 19.1 Å². The van der Waals surface area contributed by atoms with Crippen LogP contribution in [-0.2, 0) is 31.4 Å². The quantitative estimate of drug-likeness (QED) is 0.158. The maximum Gasteiger partial charge on any atom is 0.416 e. The summed E-state index contributed by atoms with van der Waals surface area (Å²) in [6, 6.07) is 34.5. The lowest BCUT2D eigenvalue weighted by atomic mass is 9.59. The number of hydrogen-bond acceptors (Lipinski definition) is 5. The summed E-state index contributed by atoms with van der Waals surface area (Å²) in [6.45, 7) is 0. The standard InChI is InChI=1S/C42H29ClF3NO5/c1-51-29-18-13-24(14-19-29)33-34(25-15-20-30(52-2)21-16-25)41(27-11-7-4-8-12-27)36-35(40(33,39(41)50)26-9-5-3-6-10-26)37(48)47(38(36)49)32-23-28(42(44,45)46)17-22-31(32)43/h3-23,35-36H,1-2H3. The summed E-state index contributed by atoms with van der Waals surface area (Å²) in [4.78, 5) is 47.1. The first-order valence-electron chi connectivity index (χ1n) is 16.5. The highest BCUT2D eigenvalue weighted by molar-refractivity contribution is 6.41. The molecule has 1 heterocycles. The van der Waals surface area contributed by atoms with Crippen LogP contribution in [0.5, 0.6) is 11.5 Å². The zero-order chi connectivity index (χ0) is 36.6. The maximum absolute atomic E-state index is 16.0. The largest absolute Gasteiger partial charge is 0.497 e. The number of methoxy groups -OCH3 is 2. The van der Waals surface area contributed by atoms with E-state index in [1.807, 2.05) is 24.3 Å². The second-order valence-corrected chi connectivity index (χ2v) is 13.4. The number of fused-ring (bicyclic) bond motifs is 5. The summed E-state index contributed by atoms with van der Waals surface area (Å²) in [7, 11) is 3.07. The van der Waals surface area contributed by atoms with Crippen molar-refractivity contribution in [2.24, 2.45) is 11.8 Å². The molecule has 0 N–H and O–H groups in total. The van der Waals surface area contributed by atoms with Gasteiger partial charge in [-0.25, -0.2) is 4.90 Å². The molecule has 0 aromatic heterocycles. The summed E-state index contributed by atoms with van der Waals surface area (Å²) in [5.74, 6) is -3.57. The third kappa shape index (κ3) is 4.41. The Morgan fingerprint density at radius 3 is 1.42 bits per heavy atom. The molecule has 2 aliphatic carbocycles. The summed E-state index contributed by atoms with van der Waals surface area (Å²) >= 11 is 6.53. The van der Waals surface area contributed by atoms with E-state index in [1.54, 1.807) is 84.9 Å². The number of allylic oxidation sites excluding steroid dienone is 2. The molecule has 2 fully saturated rings. The van der Waals surface area contributed by atoms with Crippen molar-refractivity contribution >= 4 is 46.0 Å². The topological polar surface area (TPSA) is 72.9 Å². The van der Waals surface area contributed by atoms with Gasteiger partial charge in [-0.3, -0.25) is 14.4 Å². The number of ether oxygens (including phenoxy) is 2. The lowest BCUT2D eigenvalue weighted by molar-refractivity contribution is -0.137. The molecule has 0 radical (unpaired) electrons. The van der Waals surface area contributed by atoms with Crippen LogP contribution in [0.25, 0.3) is 11.1 Å². The Morgan fingerprint density at radius 1 is 0.615 bits per heavy atom. The summed E-state index contributed by atoms with van der Waals surface area (Å²) in [6.07, 6.45) is -4.78. The molecule has 8 rings (SSSR count).